The van der Waals surface area contributed by atoms with Crippen LogP contribution in [0, 0.1) is 12.7 Å². The van der Waals surface area contributed by atoms with E-state index in [-0.39, 0.29) is 18.2 Å². The third kappa shape index (κ3) is 6.58. The Labute approximate surface area is 255 Å². The van der Waals surface area contributed by atoms with E-state index in [2.05, 4.69) is 15.4 Å². The fourth-order valence-corrected chi connectivity index (χ4v) is 5.07. The highest BCUT2D eigenvalue weighted by atomic mass is 19.1. The standard InChI is InChI=1S/C32H37FN6O5/c1-18-13-25(38(8)37-18)21-15-35-28(22-16-34-27(14-20(21)22)36-29(40)43-31(2,3)4)39(30(41)44-32(5,6)7)17-23-19-11-12-42-26(19)10-9-24(23)33/h9-10,13-16H,11-12,17H2,1-8H3,(H,34,36,40). The lowest BCUT2D eigenvalue weighted by Gasteiger charge is -2.28. The van der Waals surface area contributed by atoms with Gasteiger partial charge in [0.15, 0.2) is 0 Å². The van der Waals surface area contributed by atoms with Gasteiger partial charge in [0.1, 0.15) is 34.4 Å². The molecule has 0 bridgehead atoms. The van der Waals surface area contributed by atoms with Gasteiger partial charge in [-0.3, -0.25) is 14.9 Å². The first-order chi connectivity index (χ1) is 20.6. The minimum atomic E-state index is -0.833. The quantitative estimate of drug-likeness (QED) is 0.267. The first-order valence-corrected chi connectivity index (χ1v) is 14.3. The average molecular weight is 605 g/mol. The molecule has 4 heterocycles. The second kappa shape index (κ2) is 11.4. The first kappa shape index (κ1) is 30.7. The Kier molecular flexibility index (Phi) is 7.96. The molecule has 0 unspecified atom stereocenters. The van der Waals surface area contributed by atoms with Crippen molar-refractivity contribution in [3.05, 3.63) is 59.3 Å². The van der Waals surface area contributed by atoms with E-state index < -0.39 is 29.2 Å². The molecule has 1 aliphatic rings. The molecule has 3 aromatic heterocycles. The molecule has 0 spiro atoms. The fourth-order valence-electron chi connectivity index (χ4n) is 5.07. The van der Waals surface area contributed by atoms with Crippen molar-refractivity contribution < 1.29 is 28.2 Å². The van der Waals surface area contributed by atoms with E-state index in [1.807, 2.05) is 20.0 Å². The molecule has 1 aliphatic heterocycles. The Hall–Kier alpha value is -4.74. The summed E-state index contributed by atoms with van der Waals surface area (Å²) in [5.74, 6) is 0.571. The average Bonchev–Trinajstić information content (AvgIpc) is 3.51. The number of fused-ring (bicyclic) bond motifs is 2. The van der Waals surface area contributed by atoms with Gasteiger partial charge >= 0.3 is 12.2 Å². The summed E-state index contributed by atoms with van der Waals surface area (Å²) in [7, 11) is 1.82. The Morgan fingerprint density at radius 1 is 1.05 bits per heavy atom. The van der Waals surface area contributed by atoms with Crippen molar-refractivity contribution in [3.63, 3.8) is 0 Å². The molecule has 0 atom stereocenters. The number of carbonyl (C=O) groups is 2. The van der Waals surface area contributed by atoms with E-state index in [1.165, 1.54) is 17.2 Å². The number of carbonyl (C=O) groups excluding carboxylic acids is 2. The zero-order chi connectivity index (χ0) is 32.0. The van der Waals surface area contributed by atoms with Crippen LogP contribution < -0.4 is 15.0 Å². The Balaban J connectivity index is 1.68. The first-order valence-electron chi connectivity index (χ1n) is 14.3. The molecular formula is C32H37FN6O5. The smallest absolute Gasteiger partial charge is 0.416 e. The molecule has 2 amide bonds. The lowest BCUT2D eigenvalue weighted by atomic mass is 10.0. The molecule has 1 aromatic carbocycles. The maximum absolute atomic E-state index is 15.3. The van der Waals surface area contributed by atoms with E-state index in [0.29, 0.717) is 46.2 Å². The summed E-state index contributed by atoms with van der Waals surface area (Å²) in [5.41, 5.74) is 1.73. The highest BCUT2D eigenvalue weighted by Gasteiger charge is 2.30. The Morgan fingerprint density at radius 2 is 1.77 bits per heavy atom. The van der Waals surface area contributed by atoms with Gasteiger partial charge in [-0.15, -0.1) is 0 Å². The monoisotopic (exact) mass is 604 g/mol. The van der Waals surface area contributed by atoms with Gasteiger partial charge in [0.2, 0.25) is 0 Å². The van der Waals surface area contributed by atoms with Gasteiger partial charge in [0.05, 0.1) is 24.5 Å². The number of nitrogens with zero attached hydrogens (tertiary/aromatic N) is 5. The molecule has 4 aromatic rings. The van der Waals surface area contributed by atoms with Gasteiger partial charge in [0.25, 0.3) is 0 Å². The summed E-state index contributed by atoms with van der Waals surface area (Å²) in [6.07, 6.45) is 2.28. The molecular weight excluding hydrogens is 567 g/mol. The van der Waals surface area contributed by atoms with Crippen LogP contribution in [0.1, 0.15) is 58.4 Å². The van der Waals surface area contributed by atoms with Gasteiger partial charge in [-0.25, -0.2) is 23.9 Å². The number of aryl methyl sites for hydroxylation is 2. The lowest BCUT2D eigenvalue weighted by Crippen LogP contribution is -2.37. The van der Waals surface area contributed by atoms with E-state index in [9.17, 15) is 9.59 Å². The molecule has 0 aliphatic carbocycles. The second-order valence-corrected chi connectivity index (χ2v) is 12.7. The van der Waals surface area contributed by atoms with Crippen molar-refractivity contribution in [1.82, 2.24) is 19.7 Å². The number of halogens is 1. The van der Waals surface area contributed by atoms with E-state index in [4.69, 9.17) is 19.2 Å². The number of benzene rings is 1. The van der Waals surface area contributed by atoms with Gasteiger partial charge < -0.3 is 14.2 Å². The topological polar surface area (TPSA) is 121 Å². The molecule has 232 valence electrons. The molecule has 11 nitrogen and oxygen atoms in total. The number of anilines is 2. The van der Waals surface area contributed by atoms with Crippen LogP contribution in [-0.4, -0.2) is 49.7 Å². The van der Waals surface area contributed by atoms with Gasteiger partial charge in [-0.1, -0.05) is 0 Å². The van der Waals surface area contributed by atoms with Crippen LogP contribution in [0.25, 0.3) is 22.0 Å². The van der Waals surface area contributed by atoms with Crippen molar-refractivity contribution in [2.24, 2.45) is 7.05 Å². The van der Waals surface area contributed by atoms with Crippen molar-refractivity contribution in [1.29, 1.82) is 0 Å². The molecule has 0 radical (unpaired) electrons. The number of nitrogens with one attached hydrogen (secondary N) is 1. The molecule has 1 N–H and O–H groups in total. The largest absolute Gasteiger partial charge is 0.493 e. The van der Waals surface area contributed by atoms with Crippen LogP contribution in [0.3, 0.4) is 0 Å². The number of pyridine rings is 2. The SMILES string of the molecule is Cc1cc(-c2cnc(N(Cc3c(F)ccc4c3CCO4)C(=O)OC(C)(C)C)c3cnc(NC(=O)OC(C)(C)C)cc23)n(C)n1. The van der Waals surface area contributed by atoms with Crippen molar-refractivity contribution in [3.8, 4) is 17.0 Å². The number of hydrogen-bond donors (Lipinski definition) is 1. The van der Waals surface area contributed by atoms with Crippen molar-refractivity contribution >= 4 is 34.6 Å². The van der Waals surface area contributed by atoms with Crippen molar-refractivity contribution in [2.45, 2.75) is 72.6 Å². The number of hydrogen-bond acceptors (Lipinski definition) is 8. The molecule has 0 fully saturated rings. The van der Waals surface area contributed by atoms with Crippen LogP contribution in [0.5, 0.6) is 5.75 Å². The summed E-state index contributed by atoms with van der Waals surface area (Å²) in [4.78, 5) is 36.8. The molecule has 12 heteroatoms. The van der Waals surface area contributed by atoms with Crippen LogP contribution in [0.4, 0.5) is 25.6 Å². The van der Waals surface area contributed by atoms with E-state index >= 15 is 4.39 Å². The van der Waals surface area contributed by atoms with Crippen LogP contribution >= 0.6 is 0 Å². The maximum atomic E-state index is 15.3. The zero-order valence-electron chi connectivity index (χ0n) is 26.2. The van der Waals surface area contributed by atoms with Crippen LogP contribution in [0.15, 0.2) is 36.7 Å². The van der Waals surface area contributed by atoms with E-state index in [1.54, 1.807) is 64.6 Å². The van der Waals surface area contributed by atoms with Gasteiger partial charge in [-0.2, -0.15) is 5.10 Å². The summed E-state index contributed by atoms with van der Waals surface area (Å²) in [6, 6.07) is 6.53. The predicted molar refractivity (Wildman–Crippen MR) is 164 cm³/mol. The summed E-state index contributed by atoms with van der Waals surface area (Å²) >= 11 is 0. The molecule has 44 heavy (non-hydrogen) atoms. The number of ether oxygens (including phenoxy) is 3. The minimum absolute atomic E-state index is 0.155. The Morgan fingerprint density at radius 3 is 2.43 bits per heavy atom. The number of rotatable bonds is 5. The zero-order valence-corrected chi connectivity index (χ0v) is 26.2. The van der Waals surface area contributed by atoms with E-state index in [0.717, 1.165) is 11.4 Å². The third-order valence-electron chi connectivity index (χ3n) is 6.78. The molecule has 0 saturated heterocycles. The maximum Gasteiger partial charge on any atom is 0.416 e. The minimum Gasteiger partial charge on any atom is -0.493 e. The van der Waals surface area contributed by atoms with Gasteiger partial charge in [-0.05, 0) is 72.7 Å². The van der Waals surface area contributed by atoms with Gasteiger partial charge in [0, 0.05) is 53.3 Å². The third-order valence-corrected chi connectivity index (χ3v) is 6.78. The van der Waals surface area contributed by atoms with Crippen molar-refractivity contribution in [2.75, 3.05) is 16.8 Å². The number of aromatic nitrogens is 4. The summed E-state index contributed by atoms with van der Waals surface area (Å²) in [5, 5.41) is 8.26. The fraction of sp³-hybridized carbons (Fsp3) is 0.406. The second-order valence-electron chi connectivity index (χ2n) is 12.7. The molecule has 5 rings (SSSR count). The summed E-state index contributed by atoms with van der Waals surface area (Å²) < 4.78 is 33.9. The summed E-state index contributed by atoms with van der Waals surface area (Å²) in [6.45, 7) is 12.7. The molecule has 0 saturated carbocycles. The van der Waals surface area contributed by atoms with Crippen LogP contribution in [0.2, 0.25) is 0 Å². The lowest BCUT2D eigenvalue weighted by molar-refractivity contribution is 0.0574. The Bertz CT molecular complexity index is 1750. The normalized spacial score (nSPS) is 12.9. The van der Waals surface area contributed by atoms with Crippen LogP contribution in [-0.2, 0) is 29.5 Å². The predicted octanol–water partition coefficient (Wildman–Crippen LogP) is 6.70. The number of amides is 2. The highest BCUT2D eigenvalue weighted by molar-refractivity contribution is 6.06. The highest BCUT2D eigenvalue weighted by Crippen LogP contribution is 2.37.